The van der Waals surface area contributed by atoms with Gasteiger partial charge in [-0.3, -0.25) is 4.79 Å². The molecular formula is C15H14N2O3. The molecule has 0 radical (unpaired) electrons. The smallest absolute Gasteiger partial charge is 0.260 e. The minimum absolute atomic E-state index is 0.209. The summed E-state index contributed by atoms with van der Waals surface area (Å²) in [6.45, 7) is 1.71. The Hall–Kier alpha value is -2.58. The minimum Gasteiger partial charge on any atom is -0.469 e. The second kappa shape index (κ2) is 6.55. The van der Waals surface area contributed by atoms with E-state index in [2.05, 4.69) is 22.1 Å². The minimum atomic E-state index is -0.268. The maximum absolute atomic E-state index is 12.1. The summed E-state index contributed by atoms with van der Waals surface area (Å²) in [5, 5.41) is 11.4. The first-order valence-electron chi connectivity index (χ1n) is 6.18. The van der Waals surface area contributed by atoms with Gasteiger partial charge in [-0.25, -0.2) is 4.98 Å². The number of furan rings is 1. The Balaban J connectivity index is 2.16. The summed E-state index contributed by atoms with van der Waals surface area (Å²) < 4.78 is 5.22. The quantitative estimate of drug-likeness (QED) is 0.834. The van der Waals surface area contributed by atoms with Crippen molar-refractivity contribution in [3.8, 4) is 11.8 Å². The first kappa shape index (κ1) is 13.8. The number of nitrogens with one attached hydrogen (secondary N) is 1. The Kier molecular flexibility index (Phi) is 4.53. The average molecular weight is 270 g/mol. The molecule has 0 unspecified atom stereocenters. The number of aliphatic hydroxyl groups is 1. The Morgan fingerprint density at radius 1 is 1.50 bits per heavy atom. The Bertz CT molecular complexity index is 665. The van der Waals surface area contributed by atoms with Crippen molar-refractivity contribution in [2.75, 3.05) is 11.9 Å². The van der Waals surface area contributed by atoms with Crippen molar-refractivity contribution in [3.63, 3.8) is 0 Å². The van der Waals surface area contributed by atoms with Crippen LogP contribution < -0.4 is 5.32 Å². The van der Waals surface area contributed by atoms with Crippen LogP contribution >= 0.6 is 0 Å². The summed E-state index contributed by atoms with van der Waals surface area (Å²) in [6, 6.07) is 4.98. The molecule has 0 spiro atoms. The van der Waals surface area contributed by atoms with Gasteiger partial charge in [-0.1, -0.05) is 18.8 Å². The summed E-state index contributed by atoms with van der Waals surface area (Å²) in [5.74, 6) is 6.07. The SMILES string of the molecule is CCc1occc1C(=O)Nc1cc(C#CCO)ccn1. The van der Waals surface area contributed by atoms with Gasteiger partial charge in [0.2, 0.25) is 0 Å². The van der Waals surface area contributed by atoms with E-state index in [0.717, 1.165) is 0 Å². The molecule has 5 nitrogen and oxygen atoms in total. The molecule has 20 heavy (non-hydrogen) atoms. The van der Waals surface area contributed by atoms with Gasteiger partial charge < -0.3 is 14.8 Å². The highest BCUT2D eigenvalue weighted by molar-refractivity contribution is 6.04. The fourth-order valence-electron chi connectivity index (χ4n) is 1.72. The number of aromatic nitrogens is 1. The van der Waals surface area contributed by atoms with Crippen LogP contribution in [0.5, 0.6) is 0 Å². The Morgan fingerprint density at radius 2 is 2.35 bits per heavy atom. The number of anilines is 1. The van der Waals surface area contributed by atoms with Crippen LogP contribution in [0.15, 0.2) is 35.1 Å². The van der Waals surface area contributed by atoms with Gasteiger partial charge in [0.1, 0.15) is 18.2 Å². The third-order valence-electron chi connectivity index (χ3n) is 2.62. The number of hydrogen-bond acceptors (Lipinski definition) is 4. The molecule has 2 aromatic rings. The highest BCUT2D eigenvalue weighted by Gasteiger charge is 2.13. The van der Waals surface area contributed by atoms with E-state index in [4.69, 9.17) is 9.52 Å². The van der Waals surface area contributed by atoms with Crippen molar-refractivity contribution >= 4 is 11.7 Å². The number of hydrogen-bond donors (Lipinski definition) is 2. The molecule has 2 N–H and O–H groups in total. The number of carbonyl (C=O) groups is 1. The van der Waals surface area contributed by atoms with Gasteiger partial charge in [-0.15, -0.1) is 0 Å². The molecule has 0 atom stereocenters. The highest BCUT2D eigenvalue weighted by atomic mass is 16.3. The van der Waals surface area contributed by atoms with Gasteiger partial charge in [0, 0.05) is 18.2 Å². The number of carbonyl (C=O) groups excluding carboxylic acids is 1. The van der Waals surface area contributed by atoms with Gasteiger partial charge in [0.05, 0.1) is 11.8 Å². The summed E-state index contributed by atoms with van der Waals surface area (Å²) in [7, 11) is 0. The van der Waals surface area contributed by atoms with Crippen molar-refractivity contribution in [1.29, 1.82) is 0 Å². The molecule has 2 rings (SSSR count). The van der Waals surface area contributed by atoms with Crippen LogP contribution in [0, 0.1) is 11.8 Å². The molecule has 0 fully saturated rings. The topological polar surface area (TPSA) is 75.4 Å². The summed E-state index contributed by atoms with van der Waals surface area (Å²) in [4.78, 5) is 16.2. The van der Waals surface area contributed by atoms with E-state index < -0.39 is 0 Å². The lowest BCUT2D eigenvalue weighted by molar-refractivity contribution is 0.102. The molecule has 2 aromatic heterocycles. The van der Waals surface area contributed by atoms with Crippen LogP contribution in [0.2, 0.25) is 0 Å². The van der Waals surface area contributed by atoms with E-state index in [9.17, 15) is 4.79 Å². The van der Waals surface area contributed by atoms with Crippen molar-refractivity contribution in [2.45, 2.75) is 13.3 Å². The Labute approximate surface area is 116 Å². The maximum Gasteiger partial charge on any atom is 0.260 e. The fourth-order valence-corrected chi connectivity index (χ4v) is 1.72. The molecule has 1 amide bonds. The predicted octanol–water partition coefficient (Wildman–Crippen LogP) is 1.83. The average Bonchev–Trinajstić information content (AvgIpc) is 2.94. The first-order valence-corrected chi connectivity index (χ1v) is 6.18. The molecule has 2 heterocycles. The number of aryl methyl sites for hydroxylation is 1. The van der Waals surface area contributed by atoms with E-state index in [1.54, 1.807) is 24.4 Å². The van der Waals surface area contributed by atoms with E-state index in [1.165, 1.54) is 6.26 Å². The molecule has 0 aliphatic heterocycles. The predicted molar refractivity (Wildman–Crippen MR) is 74.2 cm³/mol. The second-order valence-corrected chi connectivity index (χ2v) is 3.95. The monoisotopic (exact) mass is 270 g/mol. The van der Waals surface area contributed by atoms with Gasteiger partial charge >= 0.3 is 0 Å². The van der Waals surface area contributed by atoms with E-state index in [-0.39, 0.29) is 12.5 Å². The number of pyridine rings is 1. The largest absolute Gasteiger partial charge is 0.469 e. The molecule has 0 aromatic carbocycles. The molecule has 0 saturated heterocycles. The molecule has 0 aliphatic carbocycles. The van der Waals surface area contributed by atoms with Crippen LogP contribution in [0.3, 0.4) is 0 Å². The second-order valence-electron chi connectivity index (χ2n) is 3.95. The van der Waals surface area contributed by atoms with Crippen LogP contribution in [-0.2, 0) is 6.42 Å². The van der Waals surface area contributed by atoms with Crippen molar-refractivity contribution in [2.24, 2.45) is 0 Å². The van der Waals surface area contributed by atoms with E-state index in [1.807, 2.05) is 6.92 Å². The number of amides is 1. The molecule has 5 heteroatoms. The third kappa shape index (κ3) is 3.25. The first-order chi connectivity index (χ1) is 9.74. The van der Waals surface area contributed by atoms with Crippen molar-refractivity contribution in [3.05, 3.63) is 47.5 Å². The van der Waals surface area contributed by atoms with Crippen LogP contribution in [0.4, 0.5) is 5.82 Å². The lowest BCUT2D eigenvalue weighted by Crippen LogP contribution is -2.13. The highest BCUT2D eigenvalue weighted by Crippen LogP contribution is 2.14. The number of aliphatic hydroxyl groups excluding tert-OH is 1. The van der Waals surface area contributed by atoms with E-state index >= 15 is 0 Å². The third-order valence-corrected chi connectivity index (χ3v) is 2.62. The van der Waals surface area contributed by atoms with Gasteiger partial charge in [0.15, 0.2) is 0 Å². The van der Waals surface area contributed by atoms with Crippen LogP contribution in [-0.4, -0.2) is 22.6 Å². The maximum atomic E-state index is 12.1. The molecule has 0 bridgehead atoms. The summed E-state index contributed by atoms with van der Waals surface area (Å²) >= 11 is 0. The number of nitrogens with zero attached hydrogens (tertiary/aromatic N) is 1. The van der Waals surface area contributed by atoms with Crippen molar-refractivity contribution in [1.82, 2.24) is 4.98 Å². The zero-order valence-electron chi connectivity index (χ0n) is 11.0. The zero-order chi connectivity index (χ0) is 14.4. The number of rotatable bonds is 3. The van der Waals surface area contributed by atoms with Gasteiger partial charge in [-0.2, -0.15) is 0 Å². The summed E-state index contributed by atoms with van der Waals surface area (Å²) in [6.07, 6.45) is 3.68. The lowest BCUT2D eigenvalue weighted by Gasteiger charge is -2.04. The fraction of sp³-hybridized carbons (Fsp3) is 0.200. The molecular weight excluding hydrogens is 256 g/mol. The Morgan fingerprint density at radius 3 is 3.10 bits per heavy atom. The van der Waals surface area contributed by atoms with Gasteiger partial charge in [0.25, 0.3) is 5.91 Å². The molecule has 102 valence electrons. The van der Waals surface area contributed by atoms with E-state index in [0.29, 0.717) is 29.1 Å². The summed E-state index contributed by atoms with van der Waals surface area (Å²) in [5.41, 5.74) is 1.17. The molecule has 0 aliphatic rings. The van der Waals surface area contributed by atoms with Crippen molar-refractivity contribution < 1.29 is 14.3 Å². The lowest BCUT2D eigenvalue weighted by atomic mass is 10.2. The standard InChI is InChI=1S/C15H14N2O3/c1-2-13-12(6-9-20-13)15(19)17-14-10-11(4-3-8-18)5-7-16-14/h5-7,9-10,18H,2,8H2,1H3,(H,16,17,19). The van der Waals surface area contributed by atoms with Crippen LogP contribution in [0.25, 0.3) is 0 Å². The normalized spacial score (nSPS) is 9.70. The molecule has 0 saturated carbocycles. The van der Waals surface area contributed by atoms with Crippen LogP contribution in [0.1, 0.15) is 28.6 Å². The van der Waals surface area contributed by atoms with Gasteiger partial charge in [-0.05, 0) is 18.2 Å². The zero-order valence-corrected chi connectivity index (χ0v) is 11.0.